The molecule has 0 fully saturated rings. The van der Waals surface area contributed by atoms with Crippen LogP contribution in [0.25, 0.3) is 0 Å². The molecule has 0 spiro atoms. The van der Waals surface area contributed by atoms with E-state index in [9.17, 15) is 9.59 Å². The standard InChI is InChI=1S/C3H4O3.3H2O/c1-3(5)6-2-4;;;/h2H,1H3;3*1H2. The molecule has 6 heteroatoms. The molecular weight excluding hydrogens is 132 g/mol. The summed E-state index contributed by atoms with van der Waals surface area (Å²) in [6.45, 7) is 1.26. The number of esters is 1. The third kappa shape index (κ3) is 43.4. The summed E-state index contributed by atoms with van der Waals surface area (Å²) in [6.07, 6.45) is 0. The van der Waals surface area contributed by atoms with E-state index in [0.717, 1.165) is 6.92 Å². The summed E-state index contributed by atoms with van der Waals surface area (Å²) in [5, 5.41) is 0. The van der Waals surface area contributed by atoms with Crippen molar-refractivity contribution in [3.05, 3.63) is 0 Å². The highest BCUT2D eigenvalue weighted by molar-refractivity contribution is 5.73. The van der Waals surface area contributed by atoms with Gasteiger partial charge in [0.1, 0.15) is 0 Å². The molecule has 0 saturated carbocycles. The first kappa shape index (κ1) is 24.5. The van der Waals surface area contributed by atoms with Crippen LogP contribution < -0.4 is 0 Å². The topological polar surface area (TPSA) is 138 Å². The average molecular weight is 142 g/mol. The van der Waals surface area contributed by atoms with Crippen LogP contribution in [-0.4, -0.2) is 28.9 Å². The fraction of sp³-hybridized carbons (Fsp3) is 0.333. The van der Waals surface area contributed by atoms with E-state index in [1.165, 1.54) is 0 Å². The van der Waals surface area contributed by atoms with E-state index in [-0.39, 0.29) is 22.9 Å². The summed E-state index contributed by atoms with van der Waals surface area (Å²) in [5.74, 6) is -0.579. The van der Waals surface area contributed by atoms with Crippen LogP contribution in [0.4, 0.5) is 0 Å². The third-order valence-corrected chi connectivity index (χ3v) is 0.214. The highest BCUT2D eigenvalue weighted by Crippen LogP contribution is 1.62. The Morgan fingerprint density at radius 3 is 1.67 bits per heavy atom. The molecule has 0 aromatic carbocycles. The van der Waals surface area contributed by atoms with E-state index in [0.29, 0.717) is 0 Å². The Morgan fingerprint density at radius 2 is 1.67 bits per heavy atom. The van der Waals surface area contributed by atoms with Gasteiger partial charge >= 0.3 is 12.4 Å². The molecule has 0 aromatic rings. The lowest BCUT2D eigenvalue weighted by Gasteiger charge is -1.78. The van der Waals surface area contributed by atoms with E-state index in [2.05, 4.69) is 4.74 Å². The van der Waals surface area contributed by atoms with Crippen LogP contribution in [0, 0.1) is 0 Å². The van der Waals surface area contributed by atoms with E-state index in [1.54, 1.807) is 0 Å². The molecule has 0 unspecified atom stereocenters. The zero-order chi connectivity index (χ0) is 4.99. The van der Waals surface area contributed by atoms with Crippen molar-refractivity contribution in [2.45, 2.75) is 6.92 Å². The maximum absolute atomic E-state index is 9.59. The fourth-order valence-corrected chi connectivity index (χ4v) is 0.0678. The first-order chi connectivity index (χ1) is 2.77. The van der Waals surface area contributed by atoms with Gasteiger partial charge in [-0.3, -0.25) is 9.59 Å². The second-order valence-electron chi connectivity index (χ2n) is 0.706. The minimum atomic E-state index is -0.579. The molecule has 0 bridgehead atoms. The number of carbonyl (C=O) groups is 2. The molecule has 0 aliphatic rings. The van der Waals surface area contributed by atoms with Gasteiger partial charge in [-0.2, -0.15) is 0 Å². The minimum Gasteiger partial charge on any atom is -0.412 e. The van der Waals surface area contributed by atoms with Gasteiger partial charge in [0, 0.05) is 6.92 Å². The van der Waals surface area contributed by atoms with E-state index >= 15 is 0 Å². The predicted molar refractivity (Wildman–Crippen MR) is 28.7 cm³/mol. The number of rotatable bonds is 1. The summed E-state index contributed by atoms with van der Waals surface area (Å²) in [6, 6.07) is 0. The Kier molecular flexibility index (Phi) is 42.8. The second-order valence-corrected chi connectivity index (χ2v) is 0.706. The highest BCUT2D eigenvalue weighted by atomic mass is 16.6. The zero-order valence-corrected chi connectivity index (χ0v) is 4.80. The first-order valence-electron chi connectivity index (χ1n) is 1.38. The Balaban J connectivity index is -0.0000000417. The maximum Gasteiger partial charge on any atom is 0.310 e. The van der Waals surface area contributed by atoms with Crippen LogP contribution in [0.15, 0.2) is 0 Å². The van der Waals surface area contributed by atoms with Crippen LogP contribution in [-0.2, 0) is 14.3 Å². The quantitative estimate of drug-likeness (QED) is 0.222. The van der Waals surface area contributed by atoms with Crippen molar-refractivity contribution in [3.8, 4) is 0 Å². The van der Waals surface area contributed by atoms with Crippen molar-refractivity contribution < 1.29 is 30.8 Å². The minimum absolute atomic E-state index is 0. The van der Waals surface area contributed by atoms with Crippen LogP contribution in [0.1, 0.15) is 6.92 Å². The Hall–Kier alpha value is -0.980. The number of hydrogen-bond acceptors (Lipinski definition) is 3. The van der Waals surface area contributed by atoms with Gasteiger partial charge in [-0.05, 0) is 0 Å². The van der Waals surface area contributed by atoms with Gasteiger partial charge in [-0.15, -0.1) is 0 Å². The Bertz CT molecular complexity index is 68.7. The van der Waals surface area contributed by atoms with Gasteiger partial charge in [0.25, 0.3) is 0 Å². The molecule has 0 aliphatic heterocycles. The SMILES string of the molecule is CC(=O)OC=O.O.O.O. The molecule has 0 aliphatic carbocycles. The van der Waals surface area contributed by atoms with E-state index in [4.69, 9.17) is 0 Å². The van der Waals surface area contributed by atoms with Gasteiger partial charge < -0.3 is 21.2 Å². The summed E-state index contributed by atoms with van der Waals surface area (Å²) in [4.78, 5) is 18.8. The molecule has 0 heterocycles. The predicted octanol–water partition coefficient (Wildman–Crippen LogP) is -2.77. The van der Waals surface area contributed by atoms with Crippen LogP contribution in [0.2, 0.25) is 0 Å². The van der Waals surface area contributed by atoms with Crippen molar-refractivity contribution >= 4 is 12.4 Å². The smallest absolute Gasteiger partial charge is 0.310 e. The van der Waals surface area contributed by atoms with Crippen molar-refractivity contribution in [1.82, 2.24) is 0 Å². The Labute approximate surface area is 51.3 Å². The molecule has 0 rings (SSSR count). The Morgan fingerprint density at radius 1 is 1.33 bits per heavy atom. The lowest BCUT2D eigenvalue weighted by atomic mass is 10.8. The normalized spacial score (nSPS) is 4.56. The van der Waals surface area contributed by atoms with Crippen molar-refractivity contribution in [2.24, 2.45) is 0 Å². The van der Waals surface area contributed by atoms with Gasteiger partial charge in [-0.25, -0.2) is 0 Å². The van der Waals surface area contributed by atoms with Crippen LogP contribution in [0.5, 0.6) is 0 Å². The third-order valence-electron chi connectivity index (χ3n) is 0.214. The van der Waals surface area contributed by atoms with Crippen molar-refractivity contribution in [3.63, 3.8) is 0 Å². The van der Waals surface area contributed by atoms with E-state index < -0.39 is 5.97 Å². The second kappa shape index (κ2) is 15.7. The molecule has 9 heavy (non-hydrogen) atoms. The van der Waals surface area contributed by atoms with Gasteiger partial charge in [0.05, 0.1) is 0 Å². The van der Waals surface area contributed by atoms with E-state index in [1.807, 2.05) is 0 Å². The summed E-state index contributed by atoms with van der Waals surface area (Å²) >= 11 is 0. The maximum atomic E-state index is 9.59. The average Bonchev–Trinajstić information content (AvgIpc) is 1.35. The lowest BCUT2D eigenvalue weighted by molar-refractivity contribution is -0.149. The fourth-order valence-electron chi connectivity index (χ4n) is 0.0678. The highest BCUT2D eigenvalue weighted by Gasteiger charge is 1.82. The summed E-state index contributed by atoms with van der Waals surface area (Å²) in [7, 11) is 0. The van der Waals surface area contributed by atoms with Crippen LogP contribution in [0.3, 0.4) is 0 Å². The lowest BCUT2D eigenvalue weighted by Crippen LogP contribution is -1.93. The molecule has 0 atom stereocenters. The van der Waals surface area contributed by atoms with Crippen LogP contribution >= 0.6 is 0 Å². The van der Waals surface area contributed by atoms with Gasteiger partial charge in [0.2, 0.25) is 0 Å². The summed E-state index contributed by atoms with van der Waals surface area (Å²) in [5.41, 5.74) is 0. The van der Waals surface area contributed by atoms with Gasteiger partial charge in [0.15, 0.2) is 0 Å². The molecule has 6 nitrogen and oxygen atoms in total. The molecule has 58 valence electrons. The monoisotopic (exact) mass is 142 g/mol. The molecule has 0 radical (unpaired) electrons. The molecular formula is C3H10O6. The summed E-state index contributed by atoms with van der Waals surface area (Å²) < 4.78 is 3.72. The molecule has 6 N–H and O–H groups in total. The molecule has 0 saturated heterocycles. The van der Waals surface area contributed by atoms with Gasteiger partial charge in [-0.1, -0.05) is 0 Å². The largest absolute Gasteiger partial charge is 0.412 e. The molecule has 0 aromatic heterocycles. The number of hydrogen-bond donors (Lipinski definition) is 0. The number of ether oxygens (including phenoxy) is 1. The van der Waals surface area contributed by atoms with Crippen molar-refractivity contribution in [1.29, 1.82) is 0 Å². The molecule has 0 amide bonds. The number of carbonyl (C=O) groups excluding carboxylic acids is 2. The zero-order valence-electron chi connectivity index (χ0n) is 4.80. The first-order valence-corrected chi connectivity index (χ1v) is 1.38. The van der Waals surface area contributed by atoms with Crippen molar-refractivity contribution in [2.75, 3.05) is 0 Å².